The number of carbonyl (C=O) groups excluding carboxylic acids is 3. The maximum atomic E-state index is 13.2. The van der Waals surface area contributed by atoms with E-state index in [1.807, 2.05) is 0 Å². The van der Waals surface area contributed by atoms with Gasteiger partial charge in [0, 0.05) is 19.3 Å². The lowest BCUT2D eigenvalue weighted by atomic mass is 9.98. The number of aliphatic hydroxyl groups is 2. The highest BCUT2D eigenvalue weighted by atomic mass is 16.7. The van der Waals surface area contributed by atoms with E-state index in [1.54, 1.807) is 0 Å². The molecule has 1 saturated heterocycles. The van der Waals surface area contributed by atoms with Crippen molar-refractivity contribution in [2.75, 3.05) is 13.2 Å². The number of aliphatic carboxylic acids is 1. The molecule has 12 heteroatoms. The molecule has 3 N–H and O–H groups in total. The highest BCUT2D eigenvalue weighted by molar-refractivity contribution is 5.74. The smallest absolute Gasteiger partial charge is 0.335 e. The van der Waals surface area contributed by atoms with Gasteiger partial charge in [-0.3, -0.25) is 14.4 Å². The summed E-state index contributed by atoms with van der Waals surface area (Å²) in [5.74, 6) is -3.17. The van der Waals surface area contributed by atoms with E-state index in [0.717, 1.165) is 186 Å². The highest BCUT2D eigenvalue weighted by Crippen LogP contribution is 2.26. The Balaban J connectivity index is 2.69. The van der Waals surface area contributed by atoms with Crippen molar-refractivity contribution in [3.8, 4) is 0 Å². The lowest BCUT2D eigenvalue weighted by molar-refractivity contribution is -0.301. The van der Waals surface area contributed by atoms with Crippen molar-refractivity contribution in [3.63, 3.8) is 0 Å². The molecule has 6 atom stereocenters. The van der Waals surface area contributed by atoms with Crippen molar-refractivity contribution in [1.29, 1.82) is 0 Å². The summed E-state index contributed by atoms with van der Waals surface area (Å²) < 4.78 is 28.6. The monoisotopic (exact) mass is 1190 g/mol. The van der Waals surface area contributed by atoms with Gasteiger partial charge in [0.1, 0.15) is 18.8 Å². The molecule has 12 nitrogen and oxygen atoms in total. The first kappa shape index (κ1) is 78.1. The minimum atomic E-state index is -1.92. The van der Waals surface area contributed by atoms with Gasteiger partial charge in [-0.05, 0) is 128 Å². The van der Waals surface area contributed by atoms with Crippen LogP contribution in [0, 0.1) is 0 Å². The molecule has 0 spiro atoms. The van der Waals surface area contributed by atoms with Gasteiger partial charge in [0.2, 0.25) is 0 Å². The zero-order valence-electron chi connectivity index (χ0n) is 53.3. The summed E-state index contributed by atoms with van der Waals surface area (Å²) in [6, 6.07) is 0. The number of carbonyl (C=O) groups is 4. The Hall–Kier alpha value is -4.88. The van der Waals surface area contributed by atoms with Crippen LogP contribution >= 0.6 is 0 Å². The molecule has 482 valence electrons. The zero-order chi connectivity index (χ0) is 61.7. The van der Waals surface area contributed by atoms with Crippen LogP contribution in [0.4, 0.5) is 0 Å². The summed E-state index contributed by atoms with van der Waals surface area (Å²) in [6.07, 6.45) is 70.0. The van der Waals surface area contributed by atoms with E-state index in [4.69, 9.17) is 23.7 Å². The van der Waals surface area contributed by atoms with Crippen molar-refractivity contribution < 1.29 is 58.2 Å². The molecule has 1 fully saturated rings. The number of rotatable bonds is 56. The lowest BCUT2D eigenvalue weighted by Crippen LogP contribution is -2.61. The average Bonchev–Trinajstić information content (AvgIpc) is 3.46. The SMILES string of the molecule is CC/C=C\C/C=C\C/C=C\C/C=C\CCCCCCCCC(=O)OCC(COC1OC(C(=O)O)C(O)C(O)C1OC(=O)CCCCCCCCC/C=C\C/C=C\CCCCC)OC(=O)CCCCCCCC/C=C\C/C=C\C/C=C\C/C=C\CC. The Morgan fingerprint density at radius 2 is 0.741 bits per heavy atom. The van der Waals surface area contributed by atoms with Gasteiger partial charge in [0.25, 0.3) is 0 Å². The van der Waals surface area contributed by atoms with Crippen LogP contribution in [0.15, 0.2) is 122 Å². The molecule has 1 heterocycles. The van der Waals surface area contributed by atoms with Gasteiger partial charge >= 0.3 is 23.9 Å². The van der Waals surface area contributed by atoms with Crippen molar-refractivity contribution in [2.45, 2.75) is 302 Å². The molecule has 85 heavy (non-hydrogen) atoms. The van der Waals surface area contributed by atoms with Crippen molar-refractivity contribution >= 4 is 23.9 Å². The highest BCUT2D eigenvalue weighted by Gasteiger charge is 2.50. The number of carboxylic acid groups (broad SMARTS) is 1. The van der Waals surface area contributed by atoms with Crippen LogP contribution < -0.4 is 0 Å². The fourth-order valence-corrected chi connectivity index (χ4v) is 9.44. The van der Waals surface area contributed by atoms with Gasteiger partial charge in [0.05, 0.1) is 6.61 Å². The maximum Gasteiger partial charge on any atom is 0.335 e. The van der Waals surface area contributed by atoms with Crippen molar-refractivity contribution in [1.82, 2.24) is 0 Å². The number of aliphatic hydroxyl groups excluding tert-OH is 2. The van der Waals surface area contributed by atoms with Gasteiger partial charge < -0.3 is 39.0 Å². The van der Waals surface area contributed by atoms with Gasteiger partial charge in [-0.1, -0.05) is 239 Å². The number of ether oxygens (including phenoxy) is 5. The molecule has 0 aliphatic carbocycles. The third-order valence-corrected chi connectivity index (χ3v) is 14.5. The quantitative estimate of drug-likeness (QED) is 0.0228. The molecule has 0 bridgehead atoms. The van der Waals surface area contributed by atoms with Crippen LogP contribution in [0.2, 0.25) is 0 Å². The van der Waals surface area contributed by atoms with Crippen LogP contribution in [-0.4, -0.2) is 89.2 Å². The van der Waals surface area contributed by atoms with E-state index < -0.39 is 67.3 Å². The molecule has 0 aromatic carbocycles. The molecule has 6 unspecified atom stereocenters. The number of unbranched alkanes of at least 4 members (excludes halogenated alkanes) is 22. The summed E-state index contributed by atoms with van der Waals surface area (Å²) in [5.41, 5.74) is 0. The minimum Gasteiger partial charge on any atom is -0.479 e. The number of carboxylic acids is 1. The summed E-state index contributed by atoms with van der Waals surface area (Å²) in [4.78, 5) is 51.4. The molecule has 0 aromatic rings. The number of hydrogen-bond acceptors (Lipinski definition) is 11. The Labute approximate surface area is 516 Å². The van der Waals surface area contributed by atoms with Crippen LogP contribution in [0.1, 0.15) is 265 Å². The fourth-order valence-electron chi connectivity index (χ4n) is 9.44. The number of esters is 3. The van der Waals surface area contributed by atoms with E-state index in [9.17, 15) is 34.5 Å². The Morgan fingerprint density at radius 1 is 0.400 bits per heavy atom. The van der Waals surface area contributed by atoms with Crippen LogP contribution in [-0.2, 0) is 42.9 Å². The normalized spacial score (nSPS) is 18.2. The van der Waals surface area contributed by atoms with E-state index in [2.05, 4.69) is 142 Å². The first-order valence-electron chi connectivity index (χ1n) is 33.5. The van der Waals surface area contributed by atoms with E-state index in [0.29, 0.717) is 19.3 Å². The van der Waals surface area contributed by atoms with Crippen molar-refractivity contribution in [2.24, 2.45) is 0 Å². The molecule has 0 saturated carbocycles. The molecule has 1 aliphatic rings. The largest absolute Gasteiger partial charge is 0.479 e. The first-order valence-corrected chi connectivity index (χ1v) is 33.5. The van der Waals surface area contributed by atoms with Gasteiger partial charge in [0.15, 0.2) is 24.6 Å². The number of hydrogen-bond donors (Lipinski definition) is 3. The van der Waals surface area contributed by atoms with E-state index >= 15 is 0 Å². The molecule has 1 aliphatic heterocycles. The summed E-state index contributed by atoms with van der Waals surface area (Å²) >= 11 is 0. The second-order valence-corrected chi connectivity index (χ2v) is 22.3. The summed E-state index contributed by atoms with van der Waals surface area (Å²) in [6.45, 7) is 5.74. The van der Waals surface area contributed by atoms with Crippen LogP contribution in [0.25, 0.3) is 0 Å². The predicted octanol–water partition coefficient (Wildman–Crippen LogP) is 18.3. The fraction of sp³-hybridized carbons (Fsp3) is 0.671. The summed E-state index contributed by atoms with van der Waals surface area (Å²) in [5, 5.41) is 31.6. The Morgan fingerprint density at radius 3 is 1.13 bits per heavy atom. The van der Waals surface area contributed by atoms with Gasteiger partial charge in [-0.15, -0.1) is 0 Å². The standard InChI is InChI=1S/C73H118O12/c1-4-7-10-13-16-19-22-25-28-31-33-36-38-41-44-47-50-53-56-59-65(74)81-62-64(83-66(75)60-57-54-51-48-45-42-40-37-34-32-29-26-23-20-17-14-11-8-5-2)63-82-73-71(69(78)68(77)70(85-73)72(79)80)84-67(76)61-58-55-52-49-46-43-39-35-30-27-24-21-18-15-12-9-6-3/h7-8,10-11,16-21,25-30,33-34,36-37,64,68-71,73,77-78H,4-6,9,12-15,22-24,31-32,35,38-63H2,1-3H3,(H,79,80)/b10-7-,11-8-,19-16-,20-17-,21-18-,28-25-,29-26-,30-27-,36-33-,37-34-. The second-order valence-electron chi connectivity index (χ2n) is 22.3. The Bertz CT molecular complexity index is 1940. The molecule has 0 aromatic heterocycles. The molecule has 1 rings (SSSR count). The van der Waals surface area contributed by atoms with E-state index in [1.165, 1.54) is 19.3 Å². The Kier molecular flexibility index (Phi) is 54.6. The molecule has 0 radical (unpaired) electrons. The summed E-state index contributed by atoms with van der Waals surface area (Å²) in [7, 11) is 0. The first-order chi connectivity index (χ1) is 41.6. The average molecular weight is 1190 g/mol. The minimum absolute atomic E-state index is 0.0428. The van der Waals surface area contributed by atoms with Gasteiger partial charge in [-0.2, -0.15) is 0 Å². The maximum absolute atomic E-state index is 13.2. The molecular weight excluding hydrogens is 1070 g/mol. The van der Waals surface area contributed by atoms with E-state index in [-0.39, 0.29) is 25.9 Å². The van der Waals surface area contributed by atoms with Gasteiger partial charge in [-0.25, -0.2) is 4.79 Å². The second kappa shape index (κ2) is 59.5. The van der Waals surface area contributed by atoms with Crippen LogP contribution in [0.3, 0.4) is 0 Å². The third-order valence-electron chi connectivity index (χ3n) is 14.5. The zero-order valence-corrected chi connectivity index (χ0v) is 53.3. The lowest BCUT2D eigenvalue weighted by Gasteiger charge is -2.40. The van der Waals surface area contributed by atoms with Crippen LogP contribution in [0.5, 0.6) is 0 Å². The topological polar surface area (TPSA) is 175 Å². The molecule has 0 amide bonds. The predicted molar refractivity (Wildman–Crippen MR) is 349 cm³/mol. The molecular formula is C73H118O12. The van der Waals surface area contributed by atoms with Crippen molar-refractivity contribution in [3.05, 3.63) is 122 Å². The third kappa shape index (κ3) is 48.9. The number of allylic oxidation sites excluding steroid dienone is 20.